The van der Waals surface area contributed by atoms with Crippen molar-refractivity contribution in [1.82, 2.24) is 4.90 Å². The van der Waals surface area contributed by atoms with E-state index in [9.17, 15) is 0 Å². The van der Waals surface area contributed by atoms with Gasteiger partial charge in [0.05, 0.1) is 0 Å². The average Bonchev–Trinajstić information content (AvgIpc) is 2.27. The monoisotopic (exact) mass is 207 g/mol. The number of allylic oxidation sites excluding steroid dienone is 3. The minimum atomic E-state index is 0.866. The fourth-order valence-electron chi connectivity index (χ4n) is 2.06. The fourth-order valence-corrected chi connectivity index (χ4v) is 2.06. The van der Waals surface area contributed by atoms with Gasteiger partial charge in [0, 0.05) is 19.3 Å². The molecule has 0 saturated heterocycles. The normalized spacial score (nSPS) is 17.4. The molecule has 0 amide bonds. The van der Waals surface area contributed by atoms with E-state index in [1.54, 1.807) is 0 Å². The quantitative estimate of drug-likeness (QED) is 0.637. The van der Waals surface area contributed by atoms with Crippen molar-refractivity contribution < 1.29 is 0 Å². The summed E-state index contributed by atoms with van der Waals surface area (Å²) in [4.78, 5) is 2.39. The first-order chi connectivity index (χ1) is 7.24. The van der Waals surface area contributed by atoms with Crippen LogP contribution in [0.2, 0.25) is 0 Å². The summed E-state index contributed by atoms with van der Waals surface area (Å²) in [6, 6.07) is 0. The highest BCUT2D eigenvalue weighted by Crippen LogP contribution is 2.16. The van der Waals surface area contributed by atoms with Gasteiger partial charge in [0.15, 0.2) is 0 Å². The first-order valence-corrected chi connectivity index (χ1v) is 6.32. The van der Waals surface area contributed by atoms with Crippen molar-refractivity contribution in [2.24, 2.45) is 5.92 Å². The largest absolute Gasteiger partial charge is 0.375 e. The summed E-state index contributed by atoms with van der Waals surface area (Å²) in [7, 11) is 2.21. The van der Waals surface area contributed by atoms with Crippen molar-refractivity contribution in [2.45, 2.75) is 46.0 Å². The molecule has 0 bridgehead atoms. The van der Waals surface area contributed by atoms with E-state index in [4.69, 9.17) is 0 Å². The third-order valence-corrected chi connectivity index (χ3v) is 3.15. The lowest BCUT2D eigenvalue weighted by Gasteiger charge is -2.23. The van der Waals surface area contributed by atoms with Crippen molar-refractivity contribution in [3.05, 3.63) is 23.9 Å². The molecule has 0 aromatic carbocycles. The Morgan fingerprint density at radius 1 is 1.33 bits per heavy atom. The van der Waals surface area contributed by atoms with E-state index >= 15 is 0 Å². The van der Waals surface area contributed by atoms with Crippen LogP contribution in [0.1, 0.15) is 46.0 Å². The smallest absolute Gasteiger partial charge is 0.0319 e. The van der Waals surface area contributed by atoms with Gasteiger partial charge in [-0.25, -0.2) is 0 Å². The van der Waals surface area contributed by atoms with E-state index in [0.29, 0.717) is 0 Å². The van der Waals surface area contributed by atoms with Gasteiger partial charge in [-0.05, 0) is 31.3 Å². The fraction of sp³-hybridized carbons (Fsp3) is 0.714. The number of hydrogen-bond donors (Lipinski definition) is 0. The molecule has 0 spiro atoms. The molecular weight excluding hydrogens is 182 g/mol. The van der Waals surface area contributed by atoms with Crippen LogP contribution in [0.5, 0.6) is 0 Å². The molecule has 0 aromatic rings. The average molecular weight is 207 g/mol. The van der Waals surface area contributed by atoms with E-state index in [0.717, 1.165) is 5.92 Å². The third-order valence-electron chi connectivity index (χ3n) is 3.15. The van der Waals surface area contributed by atoms with Gasteiger partial charge in [-0.1, -0.05) is 38.8 Å². The third kappa shape index (κ3) is 4.55. The van der Waals surface area contributed by atoms with Crippen molar-refractivity contribution >= 4 is 0 Å². The van der Waals surface area contributed by atoms with E-state index in [1.807, 2.05) is 0 Å². The Bertz CT molecular complexity index is 227. The molecule has 0 heterocycles. The Labute approximate surface area is 94.9 Å². The minimum absolute atomic E-state index is 0.866. The second-order valence-corrected chi connectivity index (χ2v) is 4.71. The molecule has 0 N–H and O–H groups in total. The van der Waals surface area contributed by atoms with Gasteiger partial charge in [0.1, 0.15) is 0 Å². The molecule has 0 saturated carbocycles. The van der Waals surface area contributed by atoms with Crippen molar-refractivity contribution in [2.75, 3.05) is 13.6 Å². The lowest BCUT2D eigenvalue weighted by Crippen LogP contribution is -2.20. The molecule has 0 fully saturated rings. The molecule has 0 aliphatic heterocycles. The lowest BCUT2D eigenvalue weighted by molar-refractivity contribution is 0.362. The summed E-state index contributed by atoms with van der Waals surface area (Å²) in [5.74, 6) is 0.866. The maximum absolute atomic E-state index is 2.39. The summed E-state index contributed by atoms with van der Waals surface area (Å²) in [6.45, 7) is 5.83. The van der Waals surface area contributed by atoms with Crippen LogP contribution in [0, 0.1) is 5.92 Å². The van der Waals surface area contributed by atoms with Crippen LogP contribution in [0.15, 0.2) is 23.9 Å². The van der Waals surface area contributed by atoms with Crippen LogP contribution in [-0.2, 0) is 0 Å². The van der Waals surface area contributed by atoms with E-state index < -0.39 is 0 Å². The number of nitrogens with zero attached hydrogens (tertiary/aromatic N) is 1. The van der Waals surface area contributed by atoms with Crippen molar-refractivity contribution in [1.29, 1.82) is 0 Å². The molecule has 0 aromatic heterocycles. The molecule has 1 heteroatoms. The van der Waals surface area contributed by atoms with Crippen LogP contribution in [0.3, 0.4) is 0 Å². The highest BCUT2D eigenvalue weighted by atomic mass is 15.1. The van der Waals surface area contributed by atoms with Crippen LogP contribution < -0.4 is 0 Å². The zero-order valence-electron chi connectivity index (χ0n) is 10.5. The first kappa shape index (κ1) is 12.4. The topological polar surface area (TPSA) is 3.24 Å². The Balaban J connectivity index is 2.26. The molecule has 86 valence electrons. The van der Waals surface area contributed by atoms with E-state index in [2.05, 4.69) is 44.0 Å². The number of likely N-dealkylation sites (N-methyl/N-ethyl adjacent to an activating group) is 1. The standard InChI is InChI=1S/C14H25N/c1-4-8-13(2)11-12-15(3)14-9-6-5-7-10-14/h6,9-10,13H,4-5,7-8,11-12H2,1-3H3. The maximum Gasteiger partial charge on any atom is 0.0319 e. The van der Waals surface area contributed by atoms with Gasteiger partial charge in [-0.3, -0.25) is 0 Å². The molecule has 1 nitrogen and oxygen atoms in total. The molecule has 1 unspecified atom stereocenters. The molecule has 1 atom stereocenters. The highest BCUT2D eigenvalue weighted by molar-refractivity contribution is 5.20. The number of hydrogen-bond acceptors (Lipinski definition) is 1. The molecule has 1 aliphatic carbocycles. The summed E-state index contributed by atoms with van der Waals surface area (Å²) < 4.78 is 0. The van der Waals surface area contributed by atoms with Gasteiger partial charge >= 0.3 is 0 Å². The zero-order valence-corrected chi connectivity index (χ0v) is 10.5. The lowest BCUT2D eigenvalue weighted by atomic mass is 10.0. The molecule has 15 heavy (non-hydrogen) atoms. The summed E-state index contributed by atoms with van der Waals surface area (Å²) in [5.41, 5.74) is 1.41. The summed E-state index contributed by atoms with van der Waals surface area (Å²) >= 11 is 0. The van der Waals surface area contributed by atoms with Crippen molar-refractivity contribution in [3.63, 3.8) is 0 Å². The van der Waals surface area contributed by atoms with Crippen molar-refractivity contribution in [3.8, 4) is 0 Å². The number of rotatable bonds is 6. The molecule has 1 aliphatic rings. The van der Waals surface area contributed by atoms with Gasteiger partial charge in [0.2, 0.25) is 0 Å². The Hall–Kier alpha value is -0.720. The second kappa shape index (κ2) is 6.71. The molecular formula is C14H25N. The van der Waals surface area contributed by atoms with Crippen LogP contribution >= 0.6 is 0 Å². The highest BCUT2D eigenvalue weighted by Gasteiger charge is 2.06. The minimum Gasteiger partial charge on any atom is -0.375 e. The molecule has 1 rings (SSSR count). The predicted molar refractivity (Wildman–Crippen MR) is 67.8 cm³/mol. The second-order valence-electron chi connectivity index (χ2n) is 4.71. The van der Waals surface area contributed by atoms with Crippen LogP contribution in [0.4, 0.5) is 0 Å². The van der Waals surface area contributed by atoms with Gasteiger partial charge in [-0.2, -0.15) is 0 Å². The first-order valence-electron chi connectivity index (χ1n) is 6.32. The van der Waals surface area contributed by atoms with Crippen LogP contribution in [-0.4, -0.2) is 18.5 Å². The van der Waals surface area contributed by atoms with E-state index in [-0.39, 0.29) is 0 Å². The van der Waals surface area contributed by atoms with Crippen LogP contribution in [0.25, 0.3) is 0 Å². The molecule has 0 radical (unpaired) electrons. The summed E-state index contributed by atoms with van der Waals surface area (Å²) in [5, 5.41) is 0. The Kier molecular flexibility index (Phi) is 5.52. The summed E-state index contributed by atoms with van der Waals surface area (Å²) in [6.07, 6.45) is 13.3. The van der Waals surface area contributed by atoms with E-state index in [1.165, 1.54) is 44.3 Å². The zero-order chi connectivity index (χ0) is 11.1. The van der Waals surface area contributed by atoms with Gasteiger partial charge in [-0.15, -0.1) is 0 Å². The van der Waals surface area contributed by atoms with Gasteiger partial charge < -0.3 is 4.90 Å². The Morgan fingerprint density at radius 2 is 2.13 bits per heavy atom. The SMILES string of the molecule is CCCC(C)CCN(C)C1=CCCC=C1. The van der Waals surface area contributed by atoms with Gasteiger partial charge in [0.25, 0.3) is 0 Å². The Morgan fingerprint density at radius 3 is 2.73 bits per heavy atom. The predicted octanol–water partition coefficient (Wildman–Crippen LogP) is 3.98. The maximum atomic E-state index is 2.39.